The summed E-state index contributed by atoms with van der Waals surface area (Å²) in [6.07, 6.45) is 0. The minimum Gasteiger partial charge on any atom is -0.461 e. The summed E-state index contributed by atoms with van der Waals surface area (Å²) in [7, 11) is 0. The van der Waals surface area contributed by atoms with Crippen molar-refractivity contribution in [3.8, 4) is 5.75 Å². The van der Waals surface area contributed by atoms with Crippen molar-refractivity contribution in [1.82, 2.24) is 0 Å². The molecule has 0 fully saturated rings. The van der Waals surface area contributed by atoms with Gasteiger partial charge in [0.25, 0.3) is 0 Å². The zero-order valence-corrected chi connectivity index (χ0v) is 9.22. The lowest BCUT2D eigenvalue weighted by Gasteiger charge is -2.33. The van der Waals surface area contributed by atoms with Crippen molar-refractivity contribution in [2.24, 2.45) is 0 Å². The third kappa shape index (κ3) is 1.71. The van der Waals surface area contributed by atoms with Crippen LogP contribution in [0.5, 0.6) is 5.75 Å². The fraction of sp³-hybridized carbons (Fsp3) is 0.400. The predicted molar refractivity (Wildman–Crippen MR) is 53.6 cm³/mol. The molecule has 1 aliphatic rings. The molecule has 13 heavy (non-hydrogen) atoms. The van der Waals surface area contributed by atoms with Crippen LogP contribution in [-0.2, 0) is 11.3 Å². The summed E-state index contributed by atoms with van der Waals surface area (Å²) in [4.78, 5) is 0. The normalized spacial score (nSPS) is 19.0. The third-order valence-electron chi connectivity index (χ3n) is 1.97. The number of para-hydroxylation sites is 1. The molecule has 0 saturated heterocycles. The van der Waals surface area contributed by atoms with E-state index in [1.165, 1.54) is 0 Å². The zero-order chi connectivity index (χ0) is 9.47. The standard InChI is InChI=1S/C10H11BrO2/c1-10(2)12-6-7-4-3-5-8(11)9(7)13-10/h3-5H,6H2,1-2H3. The van der Waals surface area contributed by atoms with Crippen LogP contribution >= 0.6 is 15.9 Å². The Balaban J connectivity index is 2.44. The Kier molecular flexibility index (Phi) is 2.08. The summed E-state index contributed by atoms with van der Waals surface area (Å²) in [5, 5.41) is 0. The van der Waals surface area contributed by atoms with Gasteiger partial charge in [0.15, 0.2) is 0 Å². The summed E-state index contributed by atoms with van der Waals surface area (Å²) >= 11 is 3.45. The molecule has 70 valence electrons. The summed E-state index contributed by atoms with van der Waals surface area (Å²) in [6.45, 7) is 4.44. The van der Waals surface area contributed by atoms with E-state index in [-0.39, 0.29) is 0 Å². The molecule has 1 heterocycles. The number of hydrogen-bond acceptors (Lipinski definition) is 2. The van der Waals surface area contributed by atoms with Crippen LogP contribution in [0.25, 0.3) is 0 Å². The van der Waals surface area contributed by atoms with Gasteiger partial charge in [-0.1, -0.05) is 12.1 Å². The fourth-order valence-electron chi connectivity index (χ4n) is 1.31. The summed E-state index contributed by atoms with van der Waals surface area (Å²) in [5.41, 5.74) is 1.09. The molecule has 0 N–H and O–H groups in total. The van der Waals surface area contributed by atoms with Gasteiger partial charge in [0, 0.05) is 19.4 Å². The van der Waals surface area contributed by atoms with Crippen LogP contribution in [0.1, 0.15) is 19.4 Å². The van der Waals surface area contributed by atoms with Crippen LogP contribution in [-0.4, -0.2) is 5.79 Å². The first-order valence-electron chi connectivity index (χ1n) is 4.19. The average molecular weight is 243 g/mol. The molecule has 0 atom stereocenters. The van der Waals surface area contributed by atoms with Crippen molar-refractivity contribution in [2.45, 2.75) is 26.2 Å². The minimum atomic E-state index is -0.517. The molecule has 1 aromatic carbocycles. The van der Waals surface area contributed by atoms with Gasteiger partial charge in [-0.3, -0.25) is 0 Å². The number of hydrogen-bond donors (Lipinski definition) is 0. The van der Waals surface area contributed by atoms with Gasteiger partial charge in [0.05, 0.1) is 11.1 Å². The first-order valence-corrected chi connectivity index (χ1v) is 4.98. The second-order valence-electron chi connectivity index (χ2n) is 3.52. The van der Waals surface area contributed by atoms with E-state index >= 15 is 0 Å². The maximum atomic E-state index is 5.68. The van der Waals surface area contributed by atoms with Gasteiger partial charge >= 0.3 is 0 Å². The Morgan fingerprint density at radius 2 is 2.15 bits per heavy atom. The molecule has 0 aliphatic carbocycles. The molecule has 0 aromatic heterocycles. The van der Waals surface area contributed by atoms with Gasteiger partial charge < -0.3 is 9.47 Å². The lowest BCUT2D eigenvalue weighted by atomic mass is 10.2. The van der Waals surface area contributed by atoms with Gasteiger partial charge in [-0.2, -0.15) is 0 Å². The SMILES string of the molecule is CC1(C)OCc2cccc(Br)c2O1. The highest BCUT2D eigenvalue weighted by atomic mass is 79.9. The molecule has 0 spiro atoms. The molecule has 0 unspecified atom stereocenters. The van der Waals surface area contributed by atoms with Crippen molar-refractivity contribution < 1.29 is 9.47 Å². The van der Waals surface area contributed by atoms with E-state index in [1.54, 1.807) is 0 Å². The molecule has 0 radical (unpaired) electrons. The molecule has 1 aromatic rings. The first-order chi connectivity index (χ1) is 6.08. The van der Waals surface area contributed by atoms with Crippen molar-refractivity contribution in [2.75, 3.05) is 0 Å². The lowest BCUT2D eigenvalue weighted by molar-refractivity contribution is -0.180. The summed E-state index contributed by atoms with van der Waals surface area (Å²) in [5.74, 6) is 0.385. The molecule has 2 nitrogen and oxygen atoms in total. The lowest BCUT2D eigenvalue weighted by Crippen LogP contribution is -2.35. The van der Waals surface area contributed by atoms with Crippen LogP contribution in [0.15, 0.2) is 22.7 Å². The molecule has 0 bridgehead atoms. The maximum absolute atomic E-state index is 5.68. The first kappa shape index (κ1) is 9.03. The Labute approximate surface area is 86.0 Å². The van der Waals surface area contributed by atoms with E-state index in [4.69, 9.17) is 9.47 Å². The van der Waals surface area contributed by atoms with Crippen LogP contribution in [0.3, 0.4) is 0 Å². The van der Waals surface area contributed by atoms with Crippen molar-refractivity contribution in [3.63, 3.8) is 0 Å². The van der Waals surface area contributed by atoms with Gasteiger partial charge in [0.1, 0.15) is 5.75 Å². The van der Waals surface area contributed by atoms with E-state index in [0.29, 0.717) is 6.61 Å². The highest BCUT2D eigenvalue weighted by Crippen LogP contribution is 2.36. The zero-order valence-electron chi connectivity index (χ0n) is 7.63. The minimum absolute atomic E-state index is 0.517. The van der Waals surface area contributed by atoms with Crippen LogP contribution in [0, 0.1) is 0 Å². The van der Waals surface area contributed by atoms with Crippen molar-refractivity contribution >= 4 is 15.9 Å². The monoisotopic (exact) mass is 242 g/mol. The average Bonchev–Trinajstić information content (AvgIpc) is 2.06. The van der Waals surface area contributed by atoms with E-state index in [1.807, 2.05) is 32.0 Å². The van der Waals surface area contributed by atoms with E-state index in [9.17, 15) is 0 Å². The van der Waals surface area contributed by atoms with Crippen LogP contribution in [0.4, 0.5) is 0 Å². The van der Waals surface area contributed by atoms with E-state index in [2.05, 4.69) is 15.9 Å². The number of rotatable bonds is 0. The second kappa shape index (κ2) is 3.00. The van der Waals surface area contributed by atoms with Gasteiger partial charge in [-0.05, 0) is 22.0 Å². The highest BCUT2D eigenvalue weighted by Gasteiger charge is 2.28. The fourth-order valence-corrected chi connectivity index (χ4v) is 1.80. The second-order valence-corrected chi connectivity index (χ2v) is 4.37. The Bertz CT molecular complexity index is 334. The van der Waals surface area contributed by atoms with Gasteiger partial charge in [-0.25, -0.2) is 0 Å². The summed E-state index contributed by atoms with van der Waals surface area (Å²) < 4.78 is 12.2. The molecule has 0 amide bonds. The molecular formula is C10H11BrO2. The predicted octanol–water partition coefficient (Wildman–Crippen LogP) is 3.09. The number of halogens is 1. The van der Waals surface area contributed by atoms with Crippen LogP contribution in [0.2, 0.25) is 0 Å². The smallest absolute Gasteiger partial charge is 0.205 e. The molecule has 0 saturated carbocycles. The molecule has 3 heteroatoms. The van der Waals surface area contributed by atoms with Gasteiger partial charge in [0.2, 0.25) is 5.79 Å². The van der Waals surface area contributed by atoms with E-state index in [0.717, 1.165) is 15.8 Å². The van der Waals surface area contributed by atoms with Crippen molar-refractivity contribution in [3.05, 3.63) is 28.2 Å². The number of benzene rings is 1. The van der Waals surface area contributed by atoms with Crippen molar-refractivity contribution in [1.29, 1.82) is 0 Å². The Morgan fingerprint density at radius 1 is 1.38 bits per heavy atom. The highest BCUT2D eigenvalue weighted by molar-refractivity contribution is 9.10. The van der Waals surface area contributed by atoms with Crippen LogP contribution < -0.4 is 4.74 Å². The molecule has 2 rings (SSSR count). The number of ether oxygens (including phenoxy) is 2. The molecule has 1 aliphatic heterocycles. The summed E-state index contributed by atoms with van der Waals surface area (Å²) in [6, 6.07) is 5.96. The topological polar surface area (TPSA) is 18.5 Å². The largest absolute Gasteiger partial charge is 0.461 e. The third-order valence-corrected chi connectivity index (χ3v) is 2.60. The maximum Gasteiger partial charge on any atom is 0.205 e. The Morgan fingerprint density at radius 3 is 2.92 bits per heavy atom. The number of fused-ring (bicyclic) bond motifs is 1. The molecular weight excluding hydrogens is 232 g/mol. The quantitative estimate of drug-likeness (QED) is 0.697. The Hall–Kier alpha value is -0.540. The van der Waals surface area contributed by atoms with E-state index < -0.39 is 5.79 Å². The van der Waals surface area contributed by atoms with Gasteiger partial charge in [-0.15, -0.1) is 0 Å².